The fraction of sp³-hybridized carbons (Fsp3) is 0.500. The first-order chi connectivity index (χ1) is 10.2. The van der Waals surface area contributed by atoms with E-state index >= 15 is 0 Å². The Balaban J connectivity index is 1.60. The molecule has 1 unspecified atom stereocenters. The molecule has 0 radical (unpaired) electrons. The largest absolute Gasteiger partial charge is 0.382 e. The number of nitrogens with zero attached hydrogens (tertiary/aromatic N) is 4. The van der Waals surface area contributed by atoms with Gasteiger partial charge in [0.1, 0.15) is 12.7 Å². The molecule has 3 rings (SSSR count). The topological polar surface area (TPSA) is 46.0 Å². The molecule has 1 aromatic carbocycles. The lowest BCUT2D eigenvalue weighted by Gasteiger charge is -2.33. The van der Waals surface area contributed by atoms with Crippen molar-refractivity contribution >= 4 is 5.69 Å². The van der Waals surface area contributed by atoms with Crippen molar-refractivity contribution in [2.24, 2.45) is 5.92 Å². The summed E-state index contributed by atoms with van der Waals surface area (Å²) in [6.45, 7) is 4.71. The summed E-state index contributed by atoms with van der Waals surface area (Å²) in [5.41, 5.74) is 2.20. The monoisotopic (exact) mass is 285 g/mol. The van der Waals surface area contributed by atoms with Gasteiger partial charge >= 0.3 is 0 Å². The Morgan fingerprint density at radius 1 is 1.19 bits per heavy atom. The lowest BCUT2D eigenvalue weighted by molar-refractivity contribution is 0.208. The smallest absolute Gasteiger partial charge is 0.138 e. The molecule has 2 aromatic rings. The number of benzene rings is 1. The minimum absolute atomic E-state index is 0.510. The average Bonchev–Trinajstić information content (AvgIpc) is 3.03. The molecule has 1 atom stereocenters. The Labute approximate surface area is 126 Å². The van der Waals surface area contributed by atoms with Crippen molar-refractivity contribution in [2.45, 2.75) is 25.8 Å². The first kappa shape index (κ1) is 14.1. The molecule has 1 aromatic heterocycles. The Kier molecular flexibility index (Phi) is 4.20. The van der Waals surface area contributed by atoms with E-state index in [0.717, 1.165) is 11.6 Å². The summed E-state index contributed by atoms with van der Waals surface area (Å²) in [5, 5.41) is 7.77. The first-order valence-corrected chi connectivity index (χ1v) is 7.62. The van der Waals surface area contributed by atoms with Crippen LogP contribution in [0.2, 0.25) is 0 Å². The summed E-state index contributed by atoms with van der Waals surface area (Å²) in [7, 11) is 2.21. The number of nitrogens with one attached hydrogen (secondary N) is 1. The van der Waals surface area contributed by atoms with E-state index < -0.39 is 0 Å². The van der Waals surface area contributed by atoms with Crippen LogP contribution in [-0.2, 0) is 0 Å². The van der Waals surface area contributed by atoms with Crippen LogP contribution < -0.4 is 5.32 Å². The van der Waals surface area contributed by atoms with Gasteiger partial charge in [0.15, 0.2) is 0 Å². The van der Waals surface area contributed by atoms with E-state index in [-0.39, 0.29) is 0 Å². The normalized spacial score (nSPS) is 18.6. The molecule has 0 bridgehead atoms. The summed E-state index contributed by atoms with van der Waals surface area (Å²) in [4.78, 5) is 6.38. The molecule has 2 heterocycles. The summed E-state index contributed by atoms with van der Waals surface area (Å²) in [6.07, 6.45) is 5.82. The minimum atomic E-state index is 0.510. The van der Waals surface area contributed by atoms with Gasteiger partial charge in [-0.2, -0.15) is 5.10 Å². The second-order valence-corrected chi connectivity index (χ2v) is 5.96. The molecule has 1 fully saturated rings. The Hall–Kier alpha value is -1.88. The van der Waals surface area contributed by atoms with Crippen LogP contribution in [0.4, 0.5) is 5.69 Å². The zero-order chi connectivity index (χ0) is 14.7. The molecular weight excluding hydrogens is 262 g/mol. The van der Waals surface area contributed by atoms with Gasteiger partial charge in [0.25, 0.3) is 0 Å². The molecule has 0 amide bonds. The van der Waals surface area contributed by atoms with Crippen molar-refractivity contribution in [1.82, 2.24) is 19.7 Å². The van der Waals surface area contributed by atoms with Crippen LogP contribution in [0, 0.1) is 5.92 Å². The number of hydrogen-bond donors (Lipinski definition) is 1. The summed E-state index contributed by atoms with van der Waals surface area (Å²) < 4.78 is 1.77. The third-order valence-electron chi connectivity index (χ3n) is 4.42. The molecule has 5 heteroatoms. The predicted octanol–water partition coefficient (Wildman–Crippen LogP) is 2.41. The molecule has 0 spiro atoms. The fourth-order valence-corrected chi connectivity index (χ4v) is 2.96. The summed E-state index contributed by atoms with van der Waals surface area (Å²) >= 11 is 0. The number of rotatable bonds is 4. The van der Waals surface area contributed by atoms with Crippen LogP contribution in [-0.4, -0.2) is 45.8 Å². The van der Waals surface area contributed by atoms with Gasteiger partial charge in [-0.15, -0.1) is 0 Å². The van der Waals surface area contributed by atoms with E-state index in [1.54, 1.807) is 17.3 Å². The maximum Gasteiger partial charge on any atom is 0.138 e. The number of aromatic nitrogens is 3. The summed E-state index contributed by atoms with van der Waals surface area (Å²) in [6, 6.07) is 8.87. The van der Waals surface area contributed by atoms with Crippen molar-refractivity contribution in [1.29, 1.82) is 0 Å². The van der Waals surface area contributed by atoms with Crippen molar-refractivity contribution in [3.05, 3.63) is 36.9 Å². The zero-order valence-corrected chi connectivity index (χ0v) is 12.7. The van der Waals surface area contributed by atoms with Crippen molar-refractivity contribution in [3.63, 3.8) is 0 Å². The van der Waals surface area contributed by atoms with Crippen LogP contribution in [0.25, 0.3) is 5.69 Å². The van der Waals surface area contributed by atoms with Gasteiger partial charge in [0.2, 0.25) is 0 Å². The highest BCUT2D eigenvalue weighted by atomic mass is 15.3. The highest BCUT2D eigenvalue weighted by Crippen LogP contribution is 2.23. The van der Waals surface area contributed by atoms with Gasteiger partial charge in [0, 0.05) is 11.7 Å². The van der Waals surface area contributed by atoms with Crippen LogP contribution in [0.5, 0.6) is 0 Å². The van der Waals surface area contributed by atoms with Crippen LogP contribution in [0.3, 0.4) is 0 Å². The second kappa shape index (κ2) is 6.26. The molecule has 1 N–H and O–H groups in total. The van der Waals surface area contributed by atoms with Crippen LogP contribution in [0.15, 0.2) is 36.9 Å². The number of anilines is 1. The van der Waals surface area contributed by atoms with Crippen LogP contribution >= 0.6 is 0 Å². The van der Waals surface area contributed by atoms with Gasteiger partial charge in [-0.25, -0.2) is 9.67 Å². The lowest BCUT2D eigenvalue weighted by atomic mass is 9.90. The maximum atomic E-state index is 4.14. The molecule has 21 heavy (non-hydrogen) atoms. The number of hydrogen-bond acceptors (Lipinski definition) is 4. The van der Waals surface area contributed by atoms with E-state index in [0.29, 0.717) is 6.04 Å². The molecular formula is C16H23N5. The minimum Gasteiger partial charge on any atom is -0.382 e. The standard InChI is InChI=1S/C16H23N5/c1-13(14-7-9-20(2)10-8-14)19-15-3-5-16(6-4-15)21-12-17-11-18-21/h3-6,11-14,19H,7-10H2,1-2H3. The van der Waals surface area contributed by atoms with Crippen molar-refractivity contribution in [2.75, 3.05) is 25.5 Å². The Bertz CT molecular complexity index is 541. The molecule has 1 aliphatic heterocycles. The van der Waals surface area contributed by atoms with Crippen molar-refractivity contribution in [3.8, 4) is 5.69 Å². The van der Waals surface area contributed by atoms with E-state index in [2.05, 4.69) is 58.5 Å². The van der Waals surface area contributed by atoms with E-state index in [1.807, 2.05) is 0 Å². The van der Waals surface area contributed by atoms with Gasteiger partial charge in [-0.3, -0.25) is 0 Å². The fourth-order valence-electron chi connectivity index (χ4n) is 2.96. The average molecular weight is 285 g/mol. The van der Waals surface area contributed by atoms with Gasteiger partial charge in [-0.05, 0) is 70.1 Å². The third-order valence-corrected chi connectivity index (χ3v) is 4.42. The van der Waals surface area contributed by atoms with E-state index in [1.165, 1.54) is 31.6 Å². The quantitative estimate of drug-likeness (QED) is 0.937. The molecule has 5 nitrogen and oxygen atoms in total. The SMILES string of the molecule is CC(Nc1ccc(-n2cncn2)cc1)C1CCN(C)CC1. The van der Waals surface area contributed by atoms with Crippen LogP contribution in [0.1, 0.15) is 19.8 Å². The lowest BCUT2D eigenvalue weighted by Crippen LogP contribution is -2.37. The van der Waals surface area contributed by atoms with Gasteiger partial charge in [-0.1, -0.05) is 0 Å². The zero-order valence-electron chi connectivity index (χ0n) is 12.7. The van der Waals surface area contributed by atoms with Crippen molar-refractivity contribution < 1.29 is 0 Å². The maximum absolute atomic E-state index is 4.14. The van der Waals surface area contributed by atoms with Gasteiger partial charge < -0.3 is 10.2 Å². The first-order valence-electron chi connectivity index (χ1n) is 7.62. The highest BCUT2D eigenvalue weighted by molar-refractivity contribution is 5.49. The summed E-state index contributed by atoms with van der Waals surface area (Å²) in [5.74, 6) is 0.760. The molecule has 112 valence electrons. The molecule has 0 saturated carbocycles. The molecule has 1 aliphatic rings. The van der Waals surface area contributed by atoms with E-state index in [9.17, 15) is 0 Å². The Morgan fingerprint density at radius 2 is 1.90 bits per heavy atom. The van der Waals surface area contributed by atoms with Gasteiger partial charge in [0.05, 0.1) is 5.69 Å². The Morgan fingerprint density at radius 3 is 2.52 bits per heavy atom. The second-order valence-electron chi connectivity index (χ2n) is 5.96. The predicted molar refractivity (Wildman–Crippen MR) is 84.7 cm³/mol. The third kappa shape index (κ3) is 3.42. The molecule has 0 aliphatic carbocycles. The van der Waals surface area contributed by atoms with E-state index in [4.69, 9.17) is 0 Å². The number of piperidine rings is 1. The number of likely N-dealkylation sites (tertiary alicyclic amines) is 1. The molecule has 1 saturated heterocycles. The highest BCUT2D eigenvalue weighted by Gasteiger charge is 2.21.